The maximum Gasteiger partial charge on any atom is 0.411 e. The highest BCUT2D eigenvalue weighted by Gasteiger charge is 2.28. The van der Waals surface area contributed by atoms with Crippen LogP contribution in [0.4, 0.5) is 21.0 Å². The molecule has 3 rings (SSSR count). The molecule has 0 bridgehead atoms. The Morgan fingerprint density at radius 3 is 2.16 bits per heavy atom. The van der Waals surface area contributed by atoms with Gasteiger partial charge in [0.15, 0.2) is 0 Å². The second-order valence-electron chi connectivity index (χ2n) is 8.15. The Kier molecular flexibility index (Phi) is 8.86. The number of hydrogen-bond donors (Lipinski definition) is 3. The lowest BCUT2D eigenvalue weighted by Gasteiger charge is -2.25. The summed E-state index contributed by atoms with van der Waals surface area (Å²) in [5.74, 6) is -0.471. The molecule has 0 saturated heterocycles. The van der Waals surface area contributed by atoms with E-state index in [1.54, 1.807) is 73.7 Å². The molecule has 10 nitrogen and oxygen atoms in total. The van der Waals surface area contributed by atoms with Crippen LogP contribution in [-0.4, -0.2) is 46.6 Å². The molecule has 0 heterocycles. The Morgan fingerprint density at radius 2 is 1.54 bits per heavy atom. The zero-order valence-electron chi connectivity index (χ0n) is 20.6. The largest absolute Gasteiger partial charge is 0.453 e. The maximum absolute atomic E-state index is 13.4. The Bertz CT molecular complexity index is 1360. The quantitative estimate of drug-likeness (QED) is 0.413. The molecular formula is C26H28N4O6S. The number of urea groups is 1. The fourth-order valence-corrected chi connectivity index (χ4v) is 4.73. The Labute approximate surface area is 215 Å². The molecule has 0 aliphatic carbocycles. The highest BCUT2D eigenvalue weighted by Crippen LogP contribution is 2.19. The number of methoxy groups -OCH3 is 1. The number of likely N-dealkylation sites (N-methyl/N-ethyl adjacent to an activating group) is 1. The van der Waals surface area contributed by atoms with Gasteiger partial charge in [-0.1, -0.05) is 48.5 Å². The number of benzene rings is 3. The first kappa shape index (κ1) is 27.2. The summed E-state index contributed by atoms with van der Waals surface area (Å²) in [4.78, 5) is 38.9. The van der Waals surface area contributed by atoms with Crippen molar-refractivity contribution in [2.45, 2.75) is 24.3 Å². The average Bonchev–Trinajstić information content (AvgIpc) is 2.88. The lowest BCUT2D eigenvalue weighted by atomic mass is 10.0. The van der Waals surface area contributed by atoms with Crippen molar-refractivity contribution in [1.82, 2.24) is 10.0 Å². The lowest BCUT2D eigenvalue weighted by Crippen LogP contribution is -2.52. The molecule has 11 heteroatoms. The topological polar surface area (TPSA) is 134 Å². The number of sulfonamides is 1. The van der Waals surface area contributed by atoms with Crippen molar-refractivity contribution in [2.24, 2.45) is 0 Å². The van der Waals surface area contributed by atoms with E-state index in [0.29, 0.717) is 16.9 Å². The average molecular weight is 525 g/mol. The van der Waals surface area contributed by atoms with Gasteiger partial charge in [0.1, 0.15) is 6.04 Å². The van der Waals surface area contributed by atoms with Crippen molar-refractivity contribution in [3.63, 3.8) is 0 Å². The molecular weight excluding hydrogens is 496 g/mol. The zero-order valence-corrected chi connectivity index (χ0v) is 21.4. The number of nitrogens with zero attached hydrogens (tertiary/aromatic N) is 1. The van der Waals surface area contributed by atoms with E-state index in [2.05, 4.69) is 15.4 Å². The third-order valence-electron chi connectivity index (χ3n) is 5.51. The standard InChI is InChI=1S/C26H28N4O6S/c1-18-9-7-8-12-23(18)37(34,35)29-25(32)28-22(17-19-10-5-4-6-11-19)24(31)30(2)21-15-13-20(14-16-21)27-26(33)36-3/h4-16,22H,17H2,1-3H3,(H,27,33)(H2,28,29,32)/t22-/m0/s1. The van der Waals surface area contributed by atoms with Crippen molar-refractivity contribution in [2.75, 3.05) is 24.4 Å². The highest BCUT2D eigenvalue weighted by molar-refractivity contribution is 7.90. The minimum absolute atomic E-state index is 0.0335. The van der Waals surface area contributed by atoms with E-state index in [0.717, 1.165) is 5.56 Å². The van der Waals surface area contributed by atoms with Gasteiger partial charge in [-0.2, -0.15) is 0 Å². The summed E-state index contributed by atoms with van der Waals surface area (Å²) in [5, 5.41) is 5.03. The number of carbonyl (C=O) groups excluding carboxylic acids is 3. The van der Waals surface area contributed by atoms with Gasteiger partial charge in [0.2, 0.25) is 5.91 Å². The summed E-state index contributed by atoms with van der Waals surface area (Å²) < 4.78 is 32.1. The van der Waals surface area contributed by atoms with Crippen LogP contribution in [0.15, 0.2) is 83.8 Å². The van der Waals surface area contributed by atoms with E-state index < -0.39 is 34.1 Å². The lowest BCUT2D eigenvalue weighted by molar-refractivity contribution is -0.120. The van der Waals surface area contributed by atoms with Gasteiger partial charge in [0.05, 0.1) is 12.0 Å². The Hall–Kier alpha value is -4.38. The minimum atomic E-state index is -4.16. The van der Waals surface area contributed by atoms with Crippen LogP contribution in [0.2, 0.25) is 0 Å². The van der Waals surface area contributed by atoms with Gasteiger partial charge in [0, 0.05) is 24.8 Å². The summed E-state index contributed by atoms with van der Waals surface area (Å²) >= 11 is 0. The summed E-state index contributed by atoms with van der Waals surface area (Å²) in [6, 6.07) is 19.6. The van der Waals surface area contributed by atoms with Crippen molar-refractivity contribution >= 4 is 39.4 Å². The number of rotatable bonds is 8. The predicted octanol–water partition coefficient (Wildman–Crippen LogP) is 3.44. The molecule has 0 aromatic heterocycles. The molecule has 4 amide bonds. The molecule has 0 unspecified atom stereocenters. The van der Waals surface area contributed by atoms with Gasteiger partial charge in [0.25, 0.3) is 10.0 Å². The third kappa shape index (κ3) is 7.31. The van der Waals surface area contributed by atoms with E-state index in [1.807, 2.05) is 10.8 Å². The summed E-state index contributed by atoms with van der Waals surface area (Å²) in [6.45, 7) is 1.62. The molecule has 0 saturated carbocycles. The van der Waals surface area contributed by atoms with E-state index >= 15 is 0 Å². The number of hydrogen-bond acceptors (Lipinski definition) is 6. The van der Waals surface area contributed by atoms with Crippen LogP contribution in [0.5, 0.6) is 0 Å². The van der Waals surface area contributed by atoms with Gasteiger partial charge in [-0.05, 0) is 48.4 Å². The molecule has 0 aliphatic rings. The first-order valence-electron chi connectivity index (χ1n) is 11.3. The first-order valence-corrected chi connectivity index (χ1v) is 12.7. The maximum atomic E-state index is 13.4. The van der Waals surface area contributed by atoms with Crippen LogP contribution in [0.1, 0.15) is 11.1 Å². The van der Waals surface area contributed by atoms with Gasteiger partial charge in [-0.3, -0.25) is 10.1 Å². The molecule has 37 heavy (non-hydrogen) atoms. The van der Waals surface area contributed by atoms with Crippen LogP contribution in [0, 0.1) is 6.92 Å². The summed E-state index contributed by atoms with van der Waals surface area (Å²) in [6.07, 6.45) is -0.500. The number of carbonyl (C=O) groups is 3. The molecule has 0 spiro atoms. The second-order valence-corrected chi connectivity index (χ2v) is 9.80. The van der Waals surface area contributed by atoms with Gasteiger partial charge in [-0.25, -0.2) is 22.7 Å². The van der Waals surface area contributed by atoms with Crippen LogP contribution in [0.25, 0.3) is 0 Å². The molecule has 0 aliphatic heterocycles. The van der Waals surface area contributed by atoms with Crippen molar-refractivity contribution in [1.29, 1.82) is 0 Å². The Morgan fingerprint density at radius 1 is 0.919 bits per heavy atom. The third-order valence-corrected chi connectivity index (χ3v) is 7.00. The zero-order chi connectivity index (χ0) is 27.0. The molecule has 194 valence electrons. The minimum Gasteiger partial charge on any atom is -0.453 e. The van der Waals surface area contributed by atoms with Gasteiger partial charge >= 0.3 is 12.1 Å². The molecule has 0 fully saturated rings. The molecule has 3 aromatic rings. The number of aryl methyl sites for hydroxylation is 1. The van der Waals surface area contributed by atoms with Gasteiger partial charge < -0.3 is 15.0 Å². The van der Waals surface area contributed by atoms with Crippen LogP contribution < -0.4 is 20.3 Å². The van der Waals surface area contributed by atoms with Crippen molar-refractivity contribution < 1.29 is 27.5 Å². The monoisotopic (exact) mass is 524 g/mol. The van der Waals surface area contributed by atoms with Crippen LogP contribution in [-0.2, 0) is 26.0 Å². The number of ether oxygens (including phenoxy) is 1. The van der Waals surface area contributed by atoms with Crippen molar-refractivity contribution in [3.05, 3.63) is 90.0 Å². The summed E-state index contributed by atoms with van der Waals surface area (Å²) in [7, 11) is -1.37. The predicted molar refractivity (Wildman–Crippen MR) is 140 cm³/mol. The van der Waals surface area contributed by atoms with E-state index in [9.17, 15) is 22.8 Å². The fraction of sp³-hybridized carbons (Fsp3) is 0.192. The van der Waals surface area contributed by atoms with E-state index in [1.165, 1.54) is 25.1 Å². The molecule has 3 N–H and O–H groups in total. The normalized spacial score (nSPS) is 11.6. The first-order chi connectivity index (χ1) is 17.6. The smallest absolute Gasteiger partial charge is 0.411 e. The number of nitrogens with one attached hydrogen (secondary N) is 3. The SMILES string of the molecule is COC(=O)Nc1ccc(N(C)C(=O)[C@H](Cc2ccccc2)NC(=O)NS(=O)(=O)c2ccccc2C)cc1. The van der Waals surface area contributed by atoms with E-state index in [-0.39, 0.29) is 11.3 Å². The number of anilines is 2. The molecule has 1 atom stereocenters. The van der Waals surface area contributed by atoms with Gasteiger partial charge in [-0.15, -0.1) is 0 Å². The van der Waals surface area contributed by atoms with Crippen LogP contribution in [0.3, 0.4) is 0 Å². The molecule has 3 aromatic carbocycles. The fourth-order valence-electron chi connectivity index (χ4n) is 3.57. The van der Waals surface area contributed by atoms with E-state index in [4.69, 9.17) is 0 Å². The Balaban J connectivity index is 1.79. The van der Waals surface area contributed by atoms with Crippen molar-refractivity contribution in [3.8, 4) is 0 Å². The summed E-state index contributed by atoms with van der Waals surface area (Å²) in [5.41, 5.74) is 2.21. The number of amides is 4. The second kappa shape index (κ2) is 12.0. The molecule has 0 radical (unpaired) electrons. The highest BCUT2D eigenvalue weighted by atomic mass is 32.2. The van der Waals surface area contributed by atoms with Crippen LogP contribution >= 0.6 is 0 Å².